The van der Waals surface area contributed by atoms with E-state index in [2.05, 4.69) is 17.5 Å². The second kappa shape index (κ2) is 5.01. The Bertz CT molecular complexity index is 99.5. The van der Waals surface area contributed by atoms with E-state index in [4.69, 9.17) is 5.11 Å². The lowest BCUT2D eigenvalue weighted by atomic mass is 10.1. The van der Waals surface area contributed by atoms with Gasteiger partial charge in [-0.3, -0.25) is 0 Å². The largest absolute Gasteiger partial charge is 0.396 e. The quantitative estimate of drug-likeness (QED) is 0.619. The number of nitrogens with zero attached hydrogens (tertiary/aromatic N) is 1. The highest BCUT2D eigenvalue weighted by Gasteiger charge is 2.14. The zero-order chi connectivity index (χ0) is 8.10. The van der Waals surface area contributed by atoms with E-state index in [0.29, 0.717) is 11.9 Å². The van der Waals surface area contributed by atoms with Crippen LogP contribution in [0.25, 0.3) is 0 Å². The number of hydrogen-bond donors (Lipinski definition) is 2. The van der Waals surface area contributed by atoms with Crippen molar-refractivity contribution >= 4 is 12.6 Å². The molecule has 2 nitrogen and oxygen atoms in total. The summed E-state index contributed by atoms with van der Waals surface area (Å²) in [6.07, 6.45) is 3.32. The minimum atomic E-state index is 0.320. The molecule has 0 spiro atoms. The summed E-state index contributed by atoms with van der Waals surface area (Å²) in [5.41, 5.74) is 0. The zero-order valence-electron chi connectivity index (χ0n) is 6.87. The van der Waals surface area contributed by atoms with Crippen molar-refractivity contribution in [1.82, 2.24) is 4.90 Å². The van der Waals surface area contributed by atoms with Gasteiger partial charge in [0.2, 0.25) is 0 Å². The molecule has 0 aromatic heterocycles. The minimum absolute atomic E-state index is 0.320. The van der Waals surface area contributed by atoms with Crippen molar-refractivity contribution in [3.8, 4) is 0 Å². The van der Waals surface area contributed by atoms with Crippen LogP contribution in [0.4, 0.5) is 0 Å². The van der Waals surface area contributed by atoms with Crippen LogP contribution in [0.3, 0.4) is 0 Å². The van der Waals surface area contributed by atoms with Crippen molar-refractivity contribution in [2.75, 3.05) is 26.2 Å². The van der Waals surface area contributed by atoms with Gasteiger partial charge in [-0.05, 0) is 32.4 Å². The molecule has 0 saturated carbocycles. The first-order valence-electron chi connectivity index (χ1n) is 4.34. The molecule has 0 aliphatic carbocycles. The molecular weight excluding hydrogens is 158 g/mol. The Labute approximate surface area is 74.0 Å². The monoisotopic (exact) mass is 175 g/mol. The van der Waals surface area contributed by atoms with Crippen molar-refractivity contribution in [2.45, 2.75) is 24.5 Å². The molecule has 1 fully saturated rings. The molecule has 1 rings (SSSR count). The summed E-state index contributed by atoms with van der Waals surface area (Å²) < 4.78 is 0. The predicted octanol–water partition coefficient (Wildman–Crippen LogP) is 0.763. The molecule has 0 aromatic rings. The molecule has 0 unspecified atom stereocenters. The lowest BCUT2D eigenvalue weighted by Gasteiger charge is -2.29. The Balaban J connectivity index is 2.07. The summed E-state index contributed by atoms with van der Waals surface area (Å²) in [4.78, 5) is 2.41. The van der Waals surface area contributed by atoms with Crippen LogP contribution in [0.15, 0.2) is 0 Å². The Morgan fingerprint density at radius 3 is 2.55 bits per heavy atom. The first-order valence-corrected chi connectivity index (χ1v) is 4.86. The fraction of sp³-hybridized carbons (Fsp3) is 1.00. The number of likely N-dealkylation sites (tertiary alicyclic amines) is 1. The topological polar surface area (TPSA) is 23.5 Å². The van der Waals surface area contributed by atoms with Crippen LogP contribution in [-0.4, -0.2) is 41.5 Å². The Morgan fingerprint density at radius 2 is 2.00 bits per heavy atom. The number of rotatable bonds is 3. The van der Waals surface area contributed by atoms with Crippen molar-refractivity contribution in [3.63, 3.8) is 0 Å². The molecule has 1 N–H and O–H groups in total. The number of aliphatic hydroxyl groups is 1. The average molecular weight is 175 g/mol. The predicted molar refractivity (Wildman–Crippen MR) is 50.2 cm³/mol. The second-order valence-corrected chi connectivity index (χ2v) is 3.88. The summed E-state index contributed by atoms with van der Waals surface area (Å²) in [7, 11) is 0. The van der Waals surface area contributed by atoms with Gasteiger partial charge in [0.15, 0.2) is 0 Å². The van der Waals surface area contributed by atoms with E-state index in [0.717, 1.165) is 26.1 Å². The highest BCUT2D eigenvalue weighted by atomic mass is 32.1. The molecule has 1 heterocycles. The normalized spacial score (nSPS) is 22.4. The van der Waals surface area contributed by atoms with Gasteiger partial charge in [0.05, 0.1) is 0 Å². The van der Waals surface area contributed by atoms with Gasteiger partial charge in [-0.2, -0.15) is 12.6 Å². The van der Waals surface area contributed by atoms with E-state index < -0.39 is 0 Å². The fourth-order valence-electron chi connectivity index (χ4n) is 1.44. The van der Waals surface area contributed by atoms with Crippen molar-refractivity contribution < 1.29 is 5.11 Å². The molecule has 0 amide bonds. The first-order chi connectivity index (χ1) is 5.33. The number of thiol groups is 1. The van der Waals surface area contributed by atoms with E-state index in [1.165, 1.54) is 12.8 Å². The van der Waals surface area contributed by atoms with Crippen LogP contribution in [-0.2, 0) is 0 Å². The Hall–Kier alpha value is 0.270. The van der Waals surface area contributed by atoms with Gasteiger partial charge in [-0.15, -0.1) is 0 Å². The summed E-state index contributed by atoms with van der Waals surface area (Å²) in [5.74, 6) is 0. The molecule has 11 heavy (non-hydrogen) atoms. The van der Waals surface area contributed by atoms with Gasteiger partial charge in [0, 0.05) is 18.4 Å². The zero-order valence-corrected chi connectivity index (χ0v) is 7.76. The van der Waals surface area contributed by atoms with Crippen LogP contribution in [0.5, 0.6) is 0 Å². The lowest BCUT2D eigenvalue weighted by Crippen LogP contribution is -2.35. The van der Waals surface area contributed by atoms with E-state index in [-0.39, 0.29) is 0 Å². The van der Waals surface area contributed by atoms with Crippen molar-refractivity contribution in [2.24, 2.45) is 0 Å². The Kier molecular flexibility index (Phi) is 4.26. The van der Waals surface area contributed by atoms with E-state index >= 15 is 0 Å². The van der Waals surface area contributed by atoms with Crippen LogP contribution < -0.4 is 0 Å². The maximum atomic E-state index is 8.61. The Morgan fingerprint density at radius 1 is 1.36 bits per heavy atom. The SMILES string of the molecule is OCCCN1CCC(S)CC1. The average Bonchev–Trinajstić information content (AvgIpc) is 2.04. The molecule has 1 aliphatic rings. The summed E-state index contributed by atoms with van der Waals surface area (Å²) >= 11 is 4.42. The van der Waals surface area contributed by atoms with Crippen molar-refractivity contribution in [1.29, 1.82) is 0 Å². The van der Waals surface area contributed by atoms with E-state index in [1.807, 2.05) is 0 Å². The molecule has 3 heteroatoms. The van der Waals surface area contributed by atoms with Gasteiger partial charge < -0.3 is 10.0 Å². The third-order valence-electron chi connectivity index (χ3n) is 2.19. The highest BCUT2D eigenvalue weighted by molar-refractivity contribution is 7.80. The first kappa shape index (κ1) is 9.36. The summed E-state index contributed by atoms with van der Waals surface area (Å²) in [5, 5.41) is 9.22. The van der Waals surface area contributed by atoms with Crippen LogP contribution in [0, 0.1) is 0 Å². The van der Waals surface area contributed by atoms with Crippen LogP contribution in [0.1, 0.15) is 19.3 Å². The molecule has 1 saturated heterocycles. The fourth-order valence-corrected chi connectivity index (χ4v) is 1.67. The number of hydrogen-bond acceptors (Lipinski definition) is 3. The standard InChI is InChI=1S/C8H17NOS/c10-7-1-4-9-5-2-8(11)3-6-9/h8,10-11H,1-7H2. The molecule has 1 aliphatic heterocycles. The smallest absolute Gasteiger partial charge is 0.0443 e. The van der Waals surface area contributed by atoms with Gasteiger partial charge in [0.1, 0.15) is 0 Å². The van der Waals surface area contributed by atoms with Crippen molar-refractivity contribution in [3.05, 3.63) is 0 Å². The van der Waals surface area contributed by atoms with E-state index in [9.17, 15) is 0 Å². The van der Waals surface area contributed by atoms with E-state index in [1.54, 1.807) is 0 Å². The molecule has 0 radical (unpaired) electrons. The molecular formula is C8H17NOS. The van der Waals surface area contributed by atoms with Gasteiger partial charge in [0.25, 0.3) is 0 Å². The molecule has 0 atom stereocenters. The molecule has 0 aromatic carbocycles. The molecule has 66 valence electrons. The van der Waals surface area contributed by atoms with Crippen LogP contribution >= 0.6 is 12.6 Å². The van der Waals surface area contributed by atoms with Gasteiger partial charge in [-0.1, -0.05) is 0 Å². The number of aliphatic hydroxyl groups excluding tert-OH is 1. The lowest BCUT2D eigenvalue weighted by molar-refractivity contribution is 0.201. The third kappa shape index (κ3) is 3.45. The third-order valence-corrected chi connectivity index (χ3v) is 2.71. The maximum Gasteiger partial charge on any atom is 0.0443 e. The molecule has 0 bridgehead atoms. The van der Waals surface area contributed by atoms with Crippen LogP contribution in [0.2, 0.25) is 0 Å². The number of piperidine rings is 1. The summed E-state index contributed by atoms with van der Waals surface area (Å²) in [6.45, 7) is 3.69. The van der Waals surface area contributed by atoms with Gasteiger partial charge >= 0.3 is 0 Å². The second-order valence-electron chi connectivity index (χ2n) is 3.15. The highest BCUT2D eigenvalue weighted by Crippen LogP contribution is 2.14. The minimum Gasteiger partial charge on any atom is -0.396 e. The maximum absolute atomic E-state index is 8.61. The summed E-state index contributed by atoms with van der Waals surface area (Å²) in [6, 6.07) is 0. The van der Waals surface area contributed by atoms with Gasteiger partial charge in [-0.25, -0.2) is 0 Å².